The van der Waals surface area contributed by atoms with Gasteiger partial charge in [-0.15, -0.1) is 0 Å². The van der Waals surface area contributed by atoms with E-state index in [1.165, 1.54) is 6.20 Å². The fourth-order valence-electron chi connectivity index (χ4n) is 3.99. The lowest BCUT2D eigenvalue weighted by atomic mass is 10.1. The van der Waals surface area contributed by atoms with Crippen LogP contribution in [0.1, 0.15) is 31.0 Å². The third-order valence-electron chi connectivity index (χ3n) is 5.55. The lowest BCUT2D eigenvalue weighted by molar-refractivity contribution is -0.131. The molecule has 1 saturated heterocycles. The van der Waals surface area contributed by atoms with Gasteiger partial charge >= 0.3 is 6.09 Å². The number of para-hydroxylation sites is 2. The first-order valence-electron chi connectivity index (χ1n) is 10.3. The van der Waals surface area contributed by atoms with Gasteiger partial charge in [0.25, 0.3) is 0 Å². The van der Waals surface area contributed by atoms with Gasteiger partial charge in [-0.25, -0.2) is 19.7 Å². The predicted molar refractivity (Wildman–Crippen MR) is 119 cm³/mol. The number of nitrogens with one attached hydrogen (secondary N) is 2. The Balaban J connectivity index is 1.67. The first-order valence-corrected chi connectivity index (χ1v) is 10.3. The molecule has 0 aliphatic carbocycles. The number of hydrogen-bond donors (Lipinski definition) is 3. The number of anilines is 3. The molecule has 2 aliphatic rings. The van der Waals surface area contributed by atoms with Crippen LogP contribution in [0.2, 0.25) is 0 Å². The number of nitriles is 1. The molecule has 11 heteroatoms. The number of amides is 3. The second kappa shape index (κ2) is 8.58. The number of carbonyl (C=O) groups excluding carboxylic acids is 2. The molecule has 4 rings (SSSR count). The Hall–Kier alpha value is -4.46. The number of benzene rings is 1. The summed E-state index contributed by atoms with van der Waals surface area (Å²) in [6.45, 7) is 4.33. The summed E-state index contributed by atoms with van der Waals surface area (Å²) in [6, 6.07) is 8.72. The van der Waals surface area contributed by atoms with Crippen molar-refractivity contribution in [2.24, 2.45) is 0 Å². The zero-order chi connectivity index (χ0) is 23.7. The summed E-state index contributed by atoms with van der Waals surface area (Å²) in [4.78, 5) is 46.8. The van der Waals surface area contributed by atoms with E-state index in [9.17, 15) is 24.8 Å². The molecule has 0 bridgehead atoms. The van der Waals surface area contributed by atoms with E-state index in [0.717, 1.165) is 11.4 Å². The van der Waals surface area contributed by atoms with Crippen LogP contribution in [0.15, 0.2) is 36.3 Å². The smallest absolute Gasteiger partial charge is 0.414 e. The van der Waals surface area contributed by atoms with Gasteiger partial charge in [0.05, 0.1) is 17.1 Å². The minimum absolute atomic E-state index is 0.0336. The summed E-state index contributed by atoms with van der Waals surface area (Å²) in [7, 11) is 0. The van der Waals surface area contributed by atoms with Crippen LogP contribution in [-0.2, 0) is 9.59 Å². The molecule has 1 aromatic heterocycles. The Labute approximate surface area is 189 Å². The first-order chi connectivity index (χ1) is 15.8. The van der Waals surface area contributed by atoms with Crippen LogP contribution in [-0.4, -0.2) is 50.5 Å². The molecule has 2 aliphatic heterocycles. The van der Waals surface area contributed by atoms with Gasteiger partial charge in [-0.05, 0) is 38.0 Å². The van der Waals surface area contributed by atoms with E-state index in [2.05, 4.69) is 26.7 Å². The molecule has 168 valence electrons. The molecule has 1 atom stereocenters. The third-order valence-corrected chi connectivity index (χ3v) is 5.55. The maximum absolute atomic E-state index is 12.7. The van der Waals surface area contributed by atoms with Crippen molar-refractivity contribution in [3.8, 4) is 6.07 Å². The summed E-state index contributed by atoms with van der Waals surface area (Å²) in [5.41, 5.74) is 3.01. The Bertz CT molecular complexity index is 1230. The SMILES string of the molecule is CCN1/C(=C(\C#N)c2nc(NC(=O)[C@@H]3CCC(=O)N3C(=O)O)ncc2C)Nc2ccccc21. The zero-order valence-electron chi connectivity index (χ0n) is 18.0. The summed E-state index contributed by atoms with van der Waals surface area (Å²) in [5, 5.41) is 25.0. The fraction of sp³-hybridized carbons (Fsp3) is 0.273. The standard InChI is InChI=1S/C22H21N7O4/c1-3-28-15-7-5-4-6-14(15)25-19(28)13(10-23)18-12(2)11-24-21(26-18)27-20(31)16-8-9-17(30)29(16)22(32)33/h4-7,11,16,25H,3,8-9H2,1-2H3,(H,32,33)(H,24,26,27,31)/b19-13+/t16-/m0/s1. The van der Waals surface area contributed by atoms with E-state index in [0.29, 0.717) is 28.5 Å². The van der Waals surface area contributed by atoms with Crippen molar-refractivity contribution in [2.75, 3.05) is 22.1 Å². The third kappa shape index (κ3) is 3.82. The number of imide groups is 1. The number of aryl methyl sites for hydroxylation is 1. The monoisotopic (exact) mass is 447 g/mol. The number of carboxylic acid groups (broad SMARTS) is 1. The summed E-state index contributed by atoms with van der Waals surface area (Å²) in [6.07, 6.45) is 0.0414. The minimum Gasteiger partial charge on any atom is -0.465 e. The van der Waals surface area contributed by atoms with Crippen LogP contribution in [0, 0.1) is 18.3 Å². The van der Waals surface area contributed by atoms with E-state index in [1.807, 2.05) is 36.1 Å². The molecule has 1 fully saturated rings. The van der Waals surface area contributed by atoms with Crippen molar-refractivity contribution >= 4 is 40.8 Å². The molecule has 3 amide bonds. The molecule has 0 unspecified atom stereocenters. The largest absolute Gasteiger partial charge is 0.465 e. The van der Waals surface area contributed by atoms with E-state index in [-0.39, 0.29) is 24.4 Å². The van der Waals surface area contributed by atoms with Crippen LogP contribution < -0.4 is 15.5 Å². The Kier molecular flexibility index (Phi) is 5.66. The minimum atomic E-state index is -1.48. The van der Waals surface area contributed by atoms with Gasteiger partial charge < -0.3 is 15.3 Å². The van der Waals surface area contributed by atoms with Crippen LogP contribution in [0.25, 0.3) is 5.57 Å². The lowest BCUT2D eigenvalue weighted by Crippen LogP contribution is -2.44. The number of aromatic nitrogens is 2. The first kappa shape index (κ1) is 21.8. The highest BCUT2D eigenvalue weighted by Crippen LogP contribution is 2.38. The molecular weight excluding hydrogens is 426 g/mol. The zero-order valence-corrected chi connectivity index (χ0v) is 18.0. The van der Waals surface area contributed by atoms with Crippen molar-refractivity contribution in [3.63, 3.8) is 0 Å². The van der Waals surface area contributed by atoms with Crippen LogP contribution >= 0.6 is 0 Å². The number of allylic oxidation sites excluding steroid dienone is 1. The van der Waals surface area contributed by atoms with Crippen LogP contribution in [0.5, 0.6) is 0 Å². The Morgan fingerprint density at radius 1 is 1.36 bits per heavy atom. The molecular formula is C22H21N7O4. The molecule has 0 radical (unpaired) electrons. The quantitative estimate of drug-likeness (QED) is 0.600. The number of rotatable bonds is 4. The number of likely N-dealkylation sites (tertiary alicyclic amines) is 1. The highest BCUT2D eigenvalue weighted by atomic mass is 16.4. The molecule has 1 aromatic carbocycles. The maximum Gasteiger partial charge on any atom is 0.414 e. The van der Waals surface area contributed by atoms with Crippen molar-refractivity contribution in [2.45, 2.75) is 32.7 Å². The fourth-order valence-corrected chi connectivity index (χ4v) is 3.99. The van der Waals surface area contributed by atoms with Gasteiger partial charge in [0.15, 0.2) is 0 Å². The van der Waals surface area contributed by atoms with Gasteiger partial charge in [-0.2, -0.15) is 5.26 Å². The number of hydrogen-bond acceptors (Lipinski definition) is 8. The molecule has 3 heterocycles. The van der Waals surface area contributed by atoms with Crippen molar-refractivity contribution in [1.82, 2.24) is 14.9 Å². The Morgan fingerprint density at radius 3 is 2.82 bits per heavy atom. The summed E-state index contributed by atoms with van der Waals surface area (Å²) >= 11 is 0. The molecule has 33 heavy (non-hydrogen) atoms. The molecule has 2 aromatic rings. The van der Waals surface area contributed by atoms with Crippen molar-refractivity contribution in [1.29, 1.82) is 5.26 Å². The number of carbonyl (C=O) groups is 3. The summed E-state index contributed by atoms with van der Waals surface area (Å²) in [5.74, 6) is -0.849. The molecule has 0 saturated carbocycles. The molecule has 0 spiro atoms. The van der Waals surface area contributed by atoms with Gasteiger partial charge in [0, 0.05) is 19.2 Å². The second-order valence-corrected chi connectivity index (χ2v) is 7.54. The number of nitrogens with zero attached hydrogens (tertiary/aromatic N) is 5. The Morgan fingerprint density at radius 2 is 2.12 bits per heavy atom. The van der Waals surface area contributed by atoms with E-state index >= 15 is 0 Å². The average Bonchev–Trinajstić information content (AvgIpc) is 3.36. The topological polar surface area (TPSA) is 152 Å². The van der Waals surface area contributed by atoms with Gasteiger partial charge in [0.2, 0.25) is 17.8 Å². The van der Waals surface area contributed by atoms with Gasteiger partial charge in [-0.1, -0.05) is 12.1 Å². The summed E-state index contributed by atoms with van der Waals surface area (Å²) < 4.78 is 0. The van der Waals surface area contributed by atoms with E-state index < -0.39 is 23.9 Å². The van der Waals surface area contributed by atoms with Crippen molar-refractivity contribution < 1.29 is 19.5 Å². The maximum atomic E-state index is 12.7. The van der Waals surface area contributed by atoms with Crippen LogP contribution in [0.4, 0.5) is 22.1 Å². The van der Waals surface area contributed by atoms with Crippen molar-refractivity contribution in [3.05, 3.63) is 47.5 Å². The van der Waals surface area contributed by atoms with Gasteiger partial charge in [-0.3, -0.25) is 14.9 Å². The number of fused-ring (bicyclic) bond motifs is 1. The highest BCUT2D eigenvalue weighted by molar-refractivity contribution is 6.04. The highest BCUT2D eigenvalue weighted by Gasteiger charge is 2.40. The predicted octanol–water partition coefficient (Wildman–Crippen LogP) is 2.54. The second-order valence-electron chi connectivity index (χ2n) is 7.54. The molecule has 3 N–H and O–H groups in total. The van der Waals surface area contributed by atoms with Gasteiger partial charge in [0.1, 0.15) is 23.5 Å². The average molecular weight is 447 g/mol. The molecule has 11 nitrogen and oxygen atoms in total. The lowest BCUT2D eigenvalue weighted by Gasteiger charge is -2.20. The normalized spacial score (nSPS) is 18.5. The van der Waals surface area contributed by atoms with E-state index in [1.54, 1.807) is 6.92 Å². The van der Waals surface area contributed by atoms with E-state index in [4.69, 9.17) is 0 Å². The van der Waals surface area contributed by atoms with Crippen LogP contribution in [0.3, 0.4) is 0 Å².